The lowest BCUT2D eigenvalue weighted by Gasteiger charge is -2.18. The van der Waals surface area contributed by atoms with Gasteiger partial charge in [0.25, 0.3) is 0 Å². The minimum Gasteiger partial charge on any atom is -0.395 e. The third kappa shape index (κ3) is 7.31. The van der Waals surface area contributed by atoms with Crippen LogP contribution in [-0.2, 0) is 4.74 Å². The zero-order valence-electron chi connectivity index (χ0n) is 8.75. The fraction of sp³-hybridized carbons (Fsp3) is 1.00. The maximum absolute atomic E-state index is 8.83. The van der Waals surface area contributed by atoms with Gasteiger partial charge in [0.15, 0.2) is 0 Å². The molecule has 0 saturated heterocycles. The molecule has 0 spiro atoms. The predicted octanol–water partition coefficient (Wildman–Crippen LogP) is 0.725. The third-order valence-electron chi connectivity index (χ3n) is 1.70. The molecule has 0 fully saturated rings. The van der Waals surface area contributed by atoms with Gasteiger partial charge in [-0.05, 0) is 6.54 Å². The molecular formula is C9H21NO2S. The first-order valence-electron chi connectivity index (χ1n) is 4.69. The van der Waals surface area contributed by atoms with E-state index in [4.69, 9.17) is 9.84 Å². The molecule has 0 aromatic rings. The fourth-order valence-electron chi connectivity index (χ4n) is 0.989. The summed E-state index contributed by atoms with van der Waals surface area (Å²) >= 11 is 1.77. The largest absolute Gasteiger partial charge is 0.395 e. The van der Waals surface area contributed by atoms with Crippen LogP contribution in [0.15, 0.2) is 0 Å². The molecule has 4 heteroatoms. The van der Waals surface area contributed by atoms with E-state index in [2.05, 4.69) is 12.2 Å². The molecule has 0 aliphatic heterocycles. The average Bonchev–Trinajstić information content (AvgIpc) is 2.14. The Balaban J connectivity index is 3.55. The summed E-state index contributed by atoms with van der Waals surface area (Å²) < 4.78 is 5.08. The number of rotatable bonds is 8. The van der Waals surface area contributed by atoms with Gasteiger partial charge >= 0.3 is 0 Å². The summed E-state index contributed by atoms with van der Waals surface area (Å²) in [7, 11) is 1.71. The summed E-state index contributed by atoms with van der Waals surface area (Å²) in [4.78, 5) is 0. The van der Waals surface area contributed by atoms with Crippen LogP contribution in [-0.4, -0.2) is 49.0 Å². The van der Waals surface area contributed by atoms with Crippen molar-refractivity contribution in [3.8, 4) is 0 Å². The highest BCUT2D eigenvalue weighted by atomic mass is 32.2. The van der Waals surface area contributed by atoms with Crippen LogP contribution in [0.25, 0.3) is 0 Å². The highest BCUT2D eigenvalue weighted by Gasteiger charge is 2.09. The first kappa shape index (κ1) is 13.2. The molecule has 3 nitrogen and oxygen atoms in total. The zero-order chi connectivity index (χ0) is 10.1. The maximum Gasteiger partial charge on any atom is 0.0623 e. The molecule has 0 aliphatic carbocycles. The lowest BCUT2D eigenvalue weighted by atomic mass is 10.3. The first-order valence-corrected chi connectivity index (χ1v) is 5.74. The molecule has 0 bridgehead atoms. The molecular weight excluding hydrogens is 186 g/mol. The summed E-state index contributed by atoms with van der Waals surface area (Å²) in [5.41, 5.74) is 0. The minimum atomic E-state index is 0.247. The Morgan fingerprint density at radius 3 is 2.69 bits per heavy atom. The van der Waals surface area contributed by atoms with Gasteiger partial charge in [0, 0.05) is 24.2 Å². The van der Waals surface area contributed by atoms with Crippen LogP contribution in [0.4, 0.5) is 0 Å². The van der Waals surface area contributed by atoms with Crippen LogP contribution in [0.5, 0.6) is 0 Å². The normalized spacial score (nSPS) is 15.7. The third-order valence-corrected chi connectivity index (χ3v) is 3.01. The van der Waals surface area contributed by atoms with Crippen LogP contribution in [0, 0.1) is 0 Å². The topological polar surface area (TPSA) is 41.5 Å². The lowest BCUT2D eigenvalue weighted by Crippen LogP contribution is -2.35. The second kappa shape index (κ2) is 8.81. The van der Waals surface area contributed by atoms with Crippen LogP contribution in [0.1, 0.15) is 13.8 Å². The quantitative estimate of drug-likeness (QED) is 0.615. The molecule has 0 aliphatic rings. The standard InChI is InChI=1S/C9H21NO2S/c1-4-10-9(6-12-3)7-13-8(2)5-11/h8-11H,4-7H2,1-3H3. The molecule has 80 valence electrons. The summed E-state index contributed by atoms with van der Waals surface area (Å²) in [5, 5.41) is 12.5. The summed E-state index contributed by atoms with van der Waals surface area (Å²) in [5.74, 6) is 0.989. The van der Waals surface area contributed by atoms with Gasteiger partial charge in [0.1, 0.15) is 0 Å². The lowest BCUT2D eigenvalue weighted by molar-refractivity contribution is 0.174. The molecule has 0 aromatic carbocycles. The van der Waals surface area contributed by atoms with Crippen molar-refractivity contribution >= 4 is 11.8 Å². The zero-order valence-corrected chi connectivity index (χ0v) is 9.56. The molecule has 0 radical (unpaired) electrons. The van der Waals surface area contributed by atoms with Crippen LogP contribution in [0.2, 0.25) is 0 Å². The minimum absolute atomic E-state index is 0.247. The van der Waals surface area contributed by atoms with Gasteiger partial charge < -0.3 is 15.2 Å². The van der Waals surface area contributed by atoms with Crippen molar-refractivity contribution < 1.29 is 9.84 Å². The second-order valence-electron chi connectivity index (χ2n) is 3.04. The van der Waals surface area contributed by atoms with E-state index >= 15 is 0 Å². The Hall–Kier alpha value is 0.230. The number of hydrogen-bond acceptors (Lipinski definition) is 4. The molecule has 2 unspecified atom stereocenters. The van der Waals surface area contributed by atoms with E-state index in [0.717, 1.165) is 18.9 Å². The van der Waals surface area contributed by atoms with E-state index in [1.165, 1.54) is 0 Å². The Morgan fingerprint density at radius 2 is 2.23 bits per heavy atom. The van der Waals surface area contributed by atoms with Crippen molar-refractivity contribution in [1.29, 1.82) is 0 Å². The fourth-order valence-corrected chi connectivity index (χ4v) is 1.87. The van der Waals surface area contributed by atoms with E-state index in [9.17, 15) is 0 Å². The van der Waals surface area contributed by atoms with E-state index in [1.807, 2.05) is 6.92 Å². The number of thioether (sulfide) groups is 1. The second-order valence-corrected chi connectivity index (χ2v) is 4.51. The van der Waals surface area contributed by atoms with E-state index in [0.29, 0.717) is 11.3 Å². The predicted molar refractivity (Wildman–Crippen MR) is 58.3 cm³/mol. The number of nitrogens with one attached hydrogen (secondary N) is 1. The number of ether oxygens (including phenoxy) is 1. The van der Waals surface area contributed by atoms with Crippen molar-refractivity contribution in [2.45, 2.75) is 25.1 Å². The summed E-state index contributed by atoms with van der Waals surface area (Å²) in [6, 6.07) is 0.397. The molecule has 2 atom stereocenters. The van der Waals surface area contributed by atoms with Crippen molar-refractivity contribution in [2.24, 2.45) is 0 Å². The summed E-state index contributed by atoms with van der Waals surface area (Å²) in [6.07, 6.45) is 0. The number of hydrogen-bond donors (Lipinski definition) is 2. The monoisotopic (exact) mass is 207 g/mol. The molecule has 0 amide bonds. The SMILES string of the molecule is CCNC(COC)CSC(C)CO. The van der Waals surface area contributed by atoms with Crippen LogP contribution >= 0.6 is 11.8 Å². The number of likely N-dealkylation sites (N-methyl/N-ethyl adjacent to an activating group) is 1. The van der Waals surface area contributed by atoms with Gasteiger partial charge in [-0.15, -0.1) is 0 Å². The molecule has 13 heavy (non-hydrogen) atoms. The molecule has 0 aromatic heterocycles. The van der Waals surface area contributed by atoms with Gasteiger partial charge in [0.2, 0.25) is 0 Å². The Bertz CT molecular complexity index is 108. The van der Waals surface area contributed by atoms with Crippen molar-refractivity contribution in [3.05, 3.63) is 0 Å². The highest BCUT2D eigenvalue weighted by Crippen LogP contribution is 2.10. The number of aliphatic hydroxyl groups is 1. The van der Waals surface area contributed by atoms with Crippen molar-refractivity contribution in [1.82, 2.24) is 5.32 Å². The van der Waals surface area contributed by atoms with Gasteiger partial charge in [-0.1, -0.05) is 13.8 Å². The Labute approximate surface area is 85.2 Å². The molecule has 0 saturated carbocycles. The van der Waals surface area contributed by atoms with Crippen LogP contribution < -0.4 is 5.32 Å². The Morgan fingerprint density at radius 1 is 1.54 bits per heavy atom. The van der Waals surface area contributed by atoms with E-state index in [-0.39, 0.29) is 6.61 Å². The van der Waals surface area contributed by atoms with Gasteiger partial charge in [-0.25, -0.2) is 0 Å². The highest BCUT2D eigenvalue weighted by molar-refractivity contribution is 7.99. The van der Waals surface area contributed by atoms with Gasteiger partial charge in [-0.2, -0.15) is 11.8 Å². The van der Waals surface area contributed by atoms with E-state index in [1.54, 1.807) is 18.9 Å². The van der Waals surface area contributed by atoms with Crippen molar-refractivity contribution in [2.75, 3.05) is 32.6 Å². The van der Waals surface area contributed by atoms with Gasteiger partial charge in [0.05, 0.1) is 13.2 Å². The summed E-state index contributed by atoms with van der Waals surface area (Å²) in [6.45, 7) is 6.06. The smallest absolute Gasteiger partial charge is 0.0623 e. The van der Waals surface area contributed by atoms with Crippen molar-refractivity contribution in [3.63, 3.8) is 0 Å². The first-order chi connectivity index (χ1) is 6.24. The van der Waals surface area contributed by atoms with Crippen LogP contribution in [0.3, 0.4) is 0 Å². The van der Waals surface area contributed by atoms with E-state index < -0.39 is 0 Å². The average molecular weight is 207 g/mol. The molecule has 2 N–H and O–H groups in total. The number of methoxy groups -OCH3 is 1. The molecule has 0 heterocycles. The maximum atomic E-state index is 8.83. The number of aliphatic hydroxyl groups excluding tert-OH is 1. The van der Waals surface area contributed by atoms with Gasteiger partial charge in [-0.3, -0.25) is 0 Å². The molecule has 0 rings (SSSR count). The Kier molecular flexibility index (Phi) is 8.97.